The summed E-state index contributed by atoms with van der Waals surface area (Å²) in [5, 5.41) is 3.86. The average molecular weight is 531 g/mol. The number of nitrogens with one attached hydrogen (secondary N) is 2. The minimum Gasteiger partial charge on any atom is -0.456 e. The lowest BCUT2D eigenvalue weighted by Crippen LogP contribution is -2.22. The maximum atomic E-state index is 12.8. The first kappa shape index (κ1) is 27.3. The van der Waals surface area contributed by atoms with Crippen molar-refractivity contribution in [2.24, 2.45) is 0 Å². The zero-order valence-electron chi connectivity index (χ0n) is 16.7. The van der Waals surface area contributed by atoms with Crippen molar-refractivity contribution in [3.8, 4) is 0 Å². The van der Waals surface area contributed by atoms with Gasteiger partial charge in [-0.2, -0.15) is 26.3 Å². The Balaban J connectivity index is 1.84. The third-order valence-electron chi connectivity index (χ3n) is 4.06. The van der Waals surface area contributed by atoms with Gasteiger partial charge in [-0.15, -0.1) is 0 Å². The standard InChI is InChI=1S/C20H14Cl2F6N2O4/c21-12-3-1-10(19(23,24)25)7-14(12)29-16(31)5-6-18(33)34-9-17(32)30-15-8-11(20(26,27)28)2-4-13(15)22/h1-4,7-8H,5-6,9H2,(H,29,31)(H,30,32). The lowest BCUT2D eigenvalue weighted by atomic mass is 10.2. The molecule has 0 aliphatic heterocycles. The number of anilines is 2. The molecule has 2 amide bonds. The maximum Gasteiger partial charge on any atom is 0.416 e. The lowest BCUT2D eigenvalue weighted by Gasteiger charge is -2.12. The number of benzene rings is 2. The van der Waals surface area contributed by atoms with Gasteiger partial charge in [-0.3, -0.25) is 14.4 Å². The van der Waals surface area contributed by atoms with Crippen molar-refractivity contribution in [2.75, 3.05) is 17.2 Å². The highest BCUT2D eigenvalue weighted by atomic mass is 35.5. The van der Waals surface area contributed by atoms with E-state index in [4.69, 9.17) is 23.2 Å². The van der Waals surface area contributed by atoms with Gasteiger partial charge in [0.15, 0.2) is 6.61 Å². The van der Waals surface area contributed by atoms with E-state index in [1.165, 1.54) is 0 Å². The van der Waals surface area contributed by atoms with Gasteiger partial charge in [-0.05, 0) is 36.4 Å². The number of alkyl halides is 6. The second-order valence-electron chi connectivity index (χ2n) is 6.64. The molecular weight excluding hydrogens is 517 g/mol. The lowest BCUT2D eigenvalue weighted by molar-refractivity contribution is -0.147. The van der Waals surface area contributed by atoms with Gasteiger partial charge in [0.25, 0.3) is 5.91 Å². The molecule has 2 N–H and O–H groups in total. The summed E-state index contributed by atoms with van der Waals surface area (Å²) in [6.45, 7) is -0.882. The van der Waals surface area contributed by atoms with Gasteiger partial charge in [0.05, 0.1) is 39.0 Å². The van der Waals surface area contributed by atoms with Gasteiger partial charge < -0.3 is 15.4 Å². The number of carbonyl (C=O) groups is 3. The van der Waals surface area contributed by atoms with Gasteiger partial charge in [-0.1, -0.05) is 23.2 Å². The smallest absolute Gasteiger partial charge is 0.416 e. The van der Waals surface area contributed by atoms with E-state index in [9.17, 15) is 40.7 Å². The van der Waals surface area contributed by atoms with E-state index in [1.54, 1.807) is 0 Å². The van der Waals surface area contributed by atoms with Crippen molar-refractivity contribution in [3.05, 3.63) is 57.6 Å². The Morgan fingerprint density at radius 1 is 0.735 bits per heavy atom. The zero-order chi connectivity index (χ0) is 25.7. The summed E-state index contributed by atoms with van der Waals surface area (Å²) in [5.41, 5.74) is -2.77. The molecule has 34 heavy (non-hydrogen) atoms. The number of hydrogen-bond acceptors (Lipinski definition) is 4. The Labute approximate surface area is 198 Å². The largest absolute Gasteiger partial charge is 0.456 e. The third kappa shape index (κ3) is 8.10. The van der Waals surface area contributed by atoms with Gasteiger partial charge in [-0.25, -0.2) is 0 Å². The van der Waals surface area contributed by atoms with Crippen LogP contribution in [-0.4, -0.2) is 24.4 Å². The molecule has 0 unspecified atom stereocenters. The summed E-state index contributed by atoms with van der Waals surface area (Å²) in [6.07, 6.45) is -10.4. The highest BCUT2D eigenvalue weighted by Crippen LogP contribution is 2.35. The Morgan fingerprint density at radius 3 is 1.62 bits per heavy atom. The van der Waals surface area contributed by atoms with E-state index in [1.807, 2.05) is 0 Å². The minimum atomic E-state index is -4.67. The number of rotatable bonds is 7. The molecule has 2 aromatic rings. The van der Waals surface area contributed by atoms with Crippen molar-refractivity contribution < 1.29 is 45.5 Å². The molecule has 2 aromatic carbocycles. The predicted octanol–water partition coefficient (Wildman–Crippen LogP) is 5.93. The number of ether oxygens (including phenoxy) is 1. The van der Waals surface area contributed by atoms with Crippen molar-refractivity contribution in [1.29, 1.82) is 0 Å². The molecular formula is C20H14Cl2F6N2O4. The summed E-state index contributed by atoms with van der Waals surface area (Å²) >= 11 is 11.5. The summed E-state index contributed by atoms with van der Waals surface area (Å²) in [5.74, 6) is -2.86. The fraction of sp³-hybridized carbons (Fsp3) is 0.250. The van der Waals surface area contributed by atoms with Crippen molar-refractivity contribution in [3.63, 3.8) is 0 Å². The Bertz CT molecular complexity index is 1010. The number of amides is 2. The fourth-order valence-corrected chi connectivity index (χ4v) is 2.76. The Kier molecular flexibility index (Phi) is 8.78. The normalized spacial score (nSPS) is 11.6. The first-order chi connectivity index (χ1) is 15.7. The molecule has 6 nitrogen and oxygen atoms in total. The molecule has 14 heteroatoms. The molecule has 2 rings (SSSR count). The van der Waals surface area contributed by atoms with E-state index in [0.29, 0.717) is 12.1 Å². The molecule has 0 radical (unpaired) electrons. The van der Waals surface area contributed by atoms with Gasteiger partial charge in [0.1, 0.15) is 0 Å². The molecule has 0 bridgehead atoms. The van der Waals surface area contributed by atoms with Crippen LogP contribution in [0.4, 0.5) is 37.7 Å². The summed E-state index contributed by atoms with van der Waals surface area (Å²) < 4.78 is 81.2. The first-order valence-corrected chi connectivity index (χ1v) is 9.91. The molecule has 0 heterocycles. The maximum absolute atomic E-state index is 12.8. The van der Waals surface area contributed by atoms with Crippen LogP contribution in [0.25, 0.3) is 0 Å². The molecule has 0 saturated carbocycles. The topological polar surface area (TPSA) is 84.5 Å². The van der Waals surface area contributed by atoms with Crippen molar-refractivity contribution in [2.45, 2.75) is 25.2 Å². The van der Waals surface area contributed by atoms with Crippen LogP contribution in [-0.2, 0) is 31.5 Å². The van der Waals surface area contributed by atoms with Crippen LogP contribution in [0.2, 0.25) is 10.0 Å². The van der Waals surface area contributed by atoms with Gasteiger partial charge in [0.2, 0.25) is 5.91 Å². The molecule has 0 aliphatic carbocycles. The van der Waals surface area contributed by atoms with Gasteiger partial charge in [0, 0.05) is 6.42 Å². The molecule has 0 spiro atoms. The van der Waals surface area contributed by atoms with Crippen molar-refractivity contribution in [1.82, 2.24) is 0 Å². The predicted molar refractivity (Wildman–Crippen MR) is 110 cm³/mol. The molecule has 0 aromatic heterocycles. The van der Waals surface area contributed by atoms with E-state index in [-0.39, 0.29) is 21.4 Å². The van der Waals surface area contributed by atoms with E-state index >= 15 is 0 Å². The highest BCUT2D eigenvalue weighted by Gasteiger charge is 2.32. The van der Waals surface area contributed by atoms with Crippen LogP contribution in [0.5, 0.6) is 0 Å². The summed E-state index contributed by atoms with van der Waals surface area (Å²) in [4.78, 5) is 35.5. The minimum absolute atomic E-state index is 0.158. The van der Waals surface area contributed by atoms with Crippen LogP contribution < -0.4 is 10.6 Å². The Hall–Kier alpha value is -2.99. The second-order valence-corrected chi connectivity index (χ2v) is 7.46. The average Bonchev–Trinajstić information content (AvgIpc) is 2.72. The first-order valence-electron chi connectivity index (χ1n) is 9.15. The van der Waals surface area contributed by atoms with Crippen LogP contribution in [0, 0.1) is 0 Å². The number of esters is 1. The zero-order valence-corrected chi connectivity index (χ0v) is 18.3. The molecule has 184 valence electrons. The van der Waals surface area contributed by atoms with Crippen LogP contribution in [0.15, 0.2) is 36.4 Å². The highest BCUT2D eigenvalue weighted by molar-refractivity contribution is 6.34. The number of halogens is 8. The van der Waals surface area contributed by atoms with E-state index < -0.39 is 60.7 Å². The number of hydrogen-bond donors (Lipinski definition) is 2. The third-order valence-corrected chi connectivity index (χ3v) is 4.72. The summed E-state index contributed by atoms with van der Waals surface area (Å²) in [6, 6.07) is 4.56. The van der Waals surface area contributed by atoms with Crippen LogP contribution in [0.1, 0.15) is 24.0 Å². The molecule has 0 fully saturated rings. The molecule has 0 aliphatic rings. The van der Waals surface area contributed by atoms with E-state index in [2.05, 4.69) is 15.4 Å². The number of carbonyl (C=O) groups excluding carboxylic acids is 3. The second kappa shape index (κ2) is 11.0. The van der Waals surface area contributed by atoms with E-state index in [0.717, 1.165) is 24.3 Å². The molecule has 0 atom stereocenters. The van der Waals surface area contributed by atoms with Crippen LogP contribution in [0.3, 0.4) is 0 Å². The van der Waals surface area contributed by atoms with Crippen LogP contribution >= 0.6 is 23.2 Å². The fourth-order valence-electron chi connectivity index (χ4n) is 2.43. The Morgan fingerprint density at radius 2 is 1.18 bits per heavy atom. The SMILES string of the molecule is O=C(CCC(=O)OCC(=O)Nc1cc(C(F)(F)F)ccc1Cl)Nc1cc(C(F)(F)F)ccc1Cl. The monoisotopic (exact) mass is 530 g/mol. The summed E-state index contributed by atoms with van der Waals surface area (Å²) in [7, 11) is 0. The molecule has 0 saturated heterocycles. The van der Waals surface area contributed by atoms with Crippen molar-refractivity contribution >= 4 is 52.4 Å². The quantitative estimate of drug-likeness (QED) is 0.343. The van der Waals surface area contributed by atoms with Gasteiger partial charge >= 0.3 is 18.3 Å².